The highest BCUT2D eigenvalue weighted by Crippen LogP contribution is 2.28. The minimum absolute atomic E-state index is 0.00827. The summed E-state index contributed by atoms with van der Waals surface area (Å²) in [5, 5.41) is 16.2. The van der Waals surface area contributed by atoms with Crippen LogP contribution in [0.2, 0.25) is 0 Å². The predicted molar refractivity (Wildman–Crippen MR) is 80.4 cm³/mol. The van der Waals surface area contributed by atoms with Crippen molar-refractivity contribution in [3.8, 4) is 0 Å². The van der Waals surface area contributed by atoms with Gasteiger partial charge in [0, 0.05) is 7.05 Å². The zero-order valence-electron chi connectivity index (χ0n) is 10.5. The fourth-order valence-electron chi connectivity index (χ4n) is 1.56. The van der Waals surface area contributed by atoms with Gasteiger partial charge in [-0.2, -0.15) is 0 Å². The standard InChI is InChI=1S/C11H8BrFN4O3S/c1-14-7-2-5(8(17(19)20)3-6(7)13)10(18)16-11-15-4-9(12)21-11/h2-4,14H,1H3,(H,15,16,18). The Bertz CT molecular complexity index is 721. The average Bonchev–Trinajstić information content (AvgIpc) is 2.83. The van der Waals surface area contributed by atoms with Crippen molar-refractivity contribution < 1.29 is 14.1 Å². The number of carbonyl (C=O) groups is 1. The zero-order valence-corrected chi connectivity index (χ0v) is 12.9. The SMILES string of the molecule is CNc1cc(C(=O)Nc2ncc(Br)s2)c([N+](=O)[O-])cc1F. The Balaban J connectivity index is 2.40. The third kappa shape index (κ3) is 3.34. The summed E-state index contributed by atoms with van der Waals surface area (Å²) in [5.74, 6) is -1.54. The van der Waals surface area contributed by atoms with E-state index >= 15 is 0 Å². The van der Waals surface area contributed by atoms with Crippen LogP contribution in [-0.2, 0) is 0 Å². The molecule has 0 aliphatic rings. The monoisotopic (exact) mass is 374 g/mol. The minimum Gasteiger partial charge on any atom is -0.386 e. The van der Waals surface area contributed by atoms with E-state index in [1.165, 1.54) is 13.2 Å². The van der Waals surface area contributed by atoms with Crippen molar-refractivity contribution in [2.75, 3.05) is 17.7 Å². The summed E-state index contributed by atoms with van der Waals surface area (Å²) < 4.78 is 14.3. The summed E-state index contributed by atoms with van der Waals surface area (Å²) in [6.07, 6.45) is 1.48. The first-order valence-corrected chi connectivity index (χ1v) is 7.11. The van der Waals surface area contributed by atoms with E-state index in [0.717, 1.165) is 17.4 Å². The van der Waals surface area contributed by atoms with Crippen LogP contribution < -0.4 is 10.6 Å². The summed E-state index contributed by atoms with van der Waals surface area (Å²) in [6, 6.07) is 1.80. The van der Waals surface area contributed by atoms with E-state index in [4.69, 9.17) is 0 Å². The molecule has 0 atom stereocenters. The van der Waals surface area contributed by atoms with Crippen LogP contribution in [0.3, 0.4) is 0 Å². The number of nitro groups is 1. The topological polar surface area (TPSA) is 97.2 Å². The number of hydrogen-bond acceptors (Lipinski definition) is 6. The maximum Gasteiger partial charge on any atom is 0.285 e. The van der Waals surface area contributed by atoms with Crippen LogP contribution in [0.25, 0.3) is 0 Å². The number of benzene rings is 1. The van der Waals surface area contributed by atoms with Gasteiger partial charge in [0.25, 0.3) is 11.6 Å². The Hall–Kier alpha value is -2.07. The molecular weight excluding hydrogens is 367 g/mol. The molecule has 0 aliphatic heterocycles. The van der Waals surface area contributed by atoms with Gasteiger partial charge >= 0.3 is 0 Å². The zero-order chi connectivity index (χ0) is 15.6. The van der Waals surface area contributed by atoms with Crippen LogP contribution in [-0.4, -0.2) is 22.9 Å². The molecule has 0 saturated heterocycles. The first kappa shape index (κ1) is 15.3. The van der Waals surface area contributed by atoms with Gasteiger partial charge in [0.15, 0.2) is 10.9 Å². The van der Waals surface area contributed by atoms with Crippen LogP contribution >= 0.6 is 27.3 Å². The van der Waals surface area contributed by atoms with Gasteiger partial charge in [-0.15, -0.1) is 0 Å². The number of rotatable bonds is 4. The highest BCUT2D eigenvalue weighted by molar-refractivity contribution is 9.11. The highest BCUT2D eigenvalue weighted by Gasteiger charge is 2.24. The number of amides is 1. The molecule has 0 bridgehead atoms. The third-order valence-electron chi connectivity index (χ3n) is 2.49. The number of carbonyl (C=O) groups excluding carboxylic acids is 1. The fourth-order valence-corrected chi connectivity index (χ4v) is 2.67. The molecule has 1 amide bonds. The lowest BCUT2D eigenvalue weighted by Gasteiger charge is -2.07. The lowest BCUT2D eigenvalue weighted by atomic mass is 10.1. The predicted octanol–water partition coefficient (Wildman–Crippen LogP) is 3.25. The van der Waals surface area contributed by atoms with Gasteiger partial charge in [0.2, 0.25) is 0 Å². The number of anilines is 2. The van der Waals surface area contributed by atoms with E-state index in [2.05, 4.69) is 31.5 Å². The quantitative estimate of drug-likeness (QED) is 0.632. The second-order valence-electron chi connectivity index (χ2n) is 3.78. The fraction of sp³-hybridized carbons (Fsp3) is 0.0909. The molecule has 1 aromatic carbocycles. The first-order valence-electron chi connectivity index (χ1n) is 5.50. The van der Waals surface area contributed by atoms with Crippen LogP contribution in [0.1, 0.15) is 10.4 Å². The van der Waals surface area contributed by atoms with Crippen molar-refractivity contribution in [2.24, 2.45) is 0 Å². The van der Waals surface area contributed by atoms with Gasteiger partial charge in [-0.05, 0) is 22.0 Å². The minimum atomic E-state index is -0.810. The van der Waals surface area contributed by atoms with Gasteiger partial charge in [0.1, 0.15) is 5.56 Å². The molecule has 0 unspecified atom stereocenters. The molecule has 0 spiro atoms. The molecule has 110 valence electrons. The number of thiazole rings is 1. The van der Waals surface area contributed by atoms with Crippen LogP contribution in [0, 0.1) is 15.9 Å². The molecular formula is C11H8BrFN4O3S. The molecule has 2 aromatic rings. The lowest BCUT2D eigenvalue weighted by molar-refractivity contribution is -0.385. The summed E-state index contributed by atoms with van der Waals surface area (Å²) >= 11 is 4.34. The largest absolute Gasteiger partial charge is 0.386 e. The Morgan fingerprint density at radius 2 is 2.24 bits per heavy atom. The molecule has 2 rings (SSSR count). The number of halogens is 2. The summed E-state index contributed by atoms with van der Waals surface area (Å²) in [5.41, 5.74) is -0.872. The summed E-state index contributed by atoms with van der Waals surface area (Å²) in [7, 11) is 1.45. The van der Waals surface area contributed by atoms with Gasteiger partial charge in [0.05, 0.1) is 26.7 Å². The third-order valence-corrected chi connectivity index (χ3v) is 3.89. The van der Waals surface area contributed by atoms with Crippen LogP contribution in [0.15, 0.2) is 22.1 Å². The normalized spacial score (nSPS) is 10.2. The molecule has 0 fully saturated rings. The van der Waals surface area contributed by atoms with Crippen molar-refractivity contribution in [1.82, 2.24) is 4.98 Å². The maximum atomic E-state index is 13.6. The van der Waals surface area contributed by atoms with E-state index in [0.29, 0.717) is 9.85 Å². The smallest absolute Gasteiger partial charge is 0.285 e. The molecule has 0 saturated carbocycles. The van der Waals surface area contributed by atoms with Gasteiger partial charge in [-0.1, -0.05) is 11.3 Å². The number of nitrogens with zero attached hydrogens (tertiary/aromatic N) is 2. The van der Waals surface area contributed by atoms with Gasteiger partial charge < -0.3 is 5.32 Å². The molecule has 0 radical (unpaired) electrons. The molecule has 10 heteroatoms. The number of nitro benzene ring substituents is 1. The Kier molecular flexibility index (Phi) is 4.48. The highest BCUT2D eigenvalue weighted by atomic mass is 79.9. The Morgan fingerprint density at radius 3 is 2.76 bits per heavy atom. The molecule has 1 aromatic heterocycles. The molecule has 0 aliphatic carbocycles. The van der Waals surface area contributed by atoms with E-state index in [-0.39, 0.29) is 16.4 Å². The molecule has 21 heavy (non-hydrogen) atoms. The second kappa shape index (κ2) is 6.14. The van der Waals surface area contributed by atoms with Gasteiger partial charge in [-0.3, -0.25) is 20.2 Å². The van der Waals surface area contributed by atoms with Gasteiger partial charge in [-0.25, -0.2) is 9.37 Å². The lowest BCUT2D eigenvalue weighted by Crippen LogP contribution is -2.14. The van der Waals surface area contributed by atoms with E-state index in [9.17, 15) is 19.3 Å². The van der Waals surface area contributed by atoms with E-state index in [1.807, 2.05) is 0 Å². The van der Waals surface area contributed by atoms with E-state index < -0.39 is 22.3 Å². The number of nitrogens with one attached hydrogen (secondary N) is 2. The Morgan fingerprint density at radius 1 is 1.52 bits per heavy atom. The van der Waals surface area contributed by atoms with Crippen molar-refractivity contribution in [2.45, 2.75) is 0 Å². The van der Waals surface area contributed by atoms with Crippen LogP contribution in [0.5, 0.6) is 0 Å². The molecule has 2 N–H and O–H groups in total. The number of aromatic nitrogens is 1. The van der Waals surface area contributed by atoms with Crippen molar-refractivity contribution in [3.63, 3.8) is 0 Å². The summed E-state index contributed by atoms with van der Waals surface area (Å²) in [6.45, 7) is 0. The molecule has 1 heterocycles. The first-order chi connectivity index (χ1) is 9.92. The molecule has 7 nitrogen and oxygen atoms in total. The van der Waals surface area contributed by atoms with Crippen molar-refractivity contribution in [1.29, 1.82) is 0 Å². The van der Waals surface area contributed by atoms with Crippen molar-refractivity contribution >= 4 is 49.7 Å². The van der Waals surface area contributed by atoms with E-state index in [1.54, 1.807) is 0 Å². The second-order valence-corrected chi connectivity index (χ2v) is 6.19. The average molecular weight is 375 g/mol. The van der Waals surface area contributed by atoms with Crippen molar-refractivity contribution in [3.05, 3.63) is 43.6 Å². The summed E-state index contributed by atoms with van der Waals surface area (Å²) in [4.78, 5) is 26.2. The maximum absolute atomic E-state index is 13.6. The van der Waals surface area contributed by atoms with Crippen LogP contribution in [0.4, 0.5) is 20.9 Å². The number of hydrogen-bond donors (Lipinski definition) is 2. The Labute approximate surface area is 130 Å².